The SMILES string of the molecule is COc1ccnc(NC2CCN(Cc3cncs3)CC2)n1. The van der Waals surface area contributed by atoms with E-state index in [1.54, 1.807) is 30.7 Å². The highest BCUT2D eigenvalue weighted by atomic mass is 32.1. The molecule has 0 amide bonds. The highest BCUT2D eigenvalue weighted by Gasteiger charge is 2.20. The van der Waals surface area contributed by atoms with Gasteiger partial charge in [0.2, 0.25) is 11.8 Å². The summed E-state index contributed by atoms with van der Waals surface area (Å²) in [5.74, 6) is 1.24. The molecule has 0 radical (unpaired) electrons. The van der Waals surface area contributed by atoms with Crippen molar-refractivity contribution in [1.29, 1.82) is 0 Å². The van der Waals surface area contributed by atoms with Gasteiger partial charge in [0.1, 0.15) is 0 Å². The van der Waals surface area contributed by atoms with Crippen molar-refractivity contribution < 1.29 is 4.74 Å². The molecule has 21 heavy (non-hydrogen) atoms. The van der Waals surface area contributed by atoms with E-state index < -0.39 is 0 Å². The molecule has 7 heteroatoms. The van der Waals surface area contributed by atoms with Gasteiger partial charge in [-0.2, -0.15) is 4.98 Å². The third kappa shape index (κ3) is 3.89. The molecule has 2 aromatic rings. The highest BCUT2D eigenvalue weighted by Crippen LogP contribution is 2.18. The molecule has 3 rings (SSSR count). The Kier molecular flexibility index (Phi) is 4.62. The van der Waals surface area contributed by atoms with Crippen LogP contribution in [0, 0.1) is 0 Å². The van der Waals surface area contributed by atoms with Gasteiger partial charge in [-0.1, -0.05) is 0 Å². The number of piperidine rings is 1. The molecule has 1 fully saturated rings. The van der Waals surface area contributed by atoms with E-state index in [0.717, 1.165) is 32.5 Å². The average Bonchev–Trinajstić information content (AvgIpc) is 3.02. The molecule has 6 nitrogen and oxygen atoms in total. The van der Waals surface area contributed by atoms with Gasteiger partial charge in [-0.15, -0.1) is 11.3 Å². The average molecular weight is 305 g/mol. The number of nitrogens with one attached hydrogen (secondary N) is 1. The molecule has 0 aliphatic carbocycles. The van der Waals surface area contributed by atoms with Crippen molar-refractivity contribution in [1.82, 2.24) is 19.9 Å². The van der Waals surface area contributed by atoms with Crippen LogP contribution in [0.5, 0.6) is 5.88 Å². The number of thiazole rings is 1. The van der Waals surface area contributed by atoms with Gasteiger partial charge < -0.3 is 10.1 Å². The standard InChI is InChI=1S/C14H19N5OS/c1-20-13-2-5-16-14(18-13)17-11-3-6-19(7-4-11)9-12-8-15-10-21-12/h2,5,8,10-11H,3-4,6-7,9H2,1H3,(H,16,17,18). The second-order valence-corrected chi connectivity index (χ2v) is 6.06. The smallest absolute Gasteiger partial charge is 0.226 e. The van der Waals surface area contributed by atoms with Crippen LogP contribution in [-0.4, -0.2) is 46.1 Å². The molecule has 0 saturated carbocycles. The van der Waals surface area contributed by atoms with E-state index in [4.69, 9.17) is 4.74 Å². The number of hydrogen-bond donors (Lipinski definition) is 1. The predicted molar refractivity (Wildman–Crippen MR) is 82.6 cm³/mol. The molecular weight excluding hydrogens is 286 g/mol. The lowest BCUT2D eigenvalue weighted by Crippen LogP contribution is -2.38. The Hall–Kier alpha value is -1.73. The van der Waals surface area contributed by atoms with Crippen LogP contribution in [0.3, 0.4) is 0 Å². The molecule has 1 saturated heterocycles. The predicted octanol–water partition coefficient (Wildman–Crippen LogP) is 2.02. The fraction of sp³-hybridized carbons (Fsp3) is 0.500. The Morgan fingerprint density at radius 3 is 3.00 bits per heavy atom. The first kappa shape index (κ1) is 14.2. The van der Waals surface area contributed by atoms with Gasteiger partial charge >= 0.3 is 0 Å². The largest absolute Gasteiger partial charge is 0.481 e. The molecule has 1 N–H and O–H groups in total. The quantitative estimate of drug-likeness (QED) is 0.912. The zero-order valence-corrected chi connectivity index (χ0v) is 12.8. The number of nitrogens with zero attached hydrogens (tertiary/aromatic N) is 4. The fourth-order valence-electron chi connectivity index (χ4n) is 2.48. The first-order chi connectivity index (χ1) is 10.3. The summed E-state index contributed by atoms with van der Waals surface area (Å²) < 4.78 is 5.12. The van der Waals surface area contributed by atoms with Crippen molar-refractivity contribution in [3.63, 3.8) is 0 Å². The Morgan fingerprint density at radius 1 is 1.43 bits per heavy atom. The lowest BCUT2D eigenvalue weighted by atomic mass is 10.1. The molecule has 0 bridgehead atoms. The lowest BCUT2D eigenvalue weighted by molar-refractivity contribution is 0.212. The summed E-state index contributed by atoms with van der Waals surface area (Å²) in [6.45, 7) is 3.17. The summed E-state index contributed by atoms with van der Waals surface area (Å²) >= 11 is 1.72. The summed E-state index contributed by atoms with van der Waals surface area (Å²) in [7, 11) is 1.62. The topological polar surface area (TPSA) is 63.2 Å². The molecule has 0 aromatic carbocycles. The van der Waals surface area contributed by atoms with Crippen LogP contribution in [0.1, 0.15) is 17.7 Å². The van der Waals surface area contributed by atoms with Gasteiger partial charge in [-0.3, -0.25) is 9.88 Å². The van der Waals surface area contributed by atoms with Crippen molar-refractivity contribution in [2.75, 3.05) is 25.5 Å². The first-order valence-corrected chi connectivity index (χ1v) is 7.95. The van der Waals surface area contributed by atoms with Crippen LogP contribution in [0.25, 0.3) is 0 Å². The van der Waals surface area contributed by atoms with Crippen molar-refractivity contribution in [2.45, 2.75) is 25.4 Å². The highest BCUT2D eigenvalue weighted by molar-refractivity contribution is 7.09. The molecule has 0 spiro atoms. The maximum atomic E-state index is 5.12. The number of hydrogen-bond acceptors (Lipinski definition) is 7. The van der Waals surface area contributed by atoms with Crippen molar-refractivity contribution in [3.8, 4) is 5.88 Å². The fourth-order valence-corrected chi connectivity index (χ4v) is 3.12. The summed E-state index contributed by atoms with van der Waals surface area (Å²) in [6, 6.07) is 2.18. The monoisotopic (exact) mass is 305 g/mol. The van der Waals surface area contributed by atoms with E-state index in [1.807, 2.05) is 11.7 Å². The van der Waals surface area contributed by atoms with Gasteiger partial charge in [0.15, 0.2) is 0 Å². The zero-order valence-electron chi connectivity index (χ0n) is 12.0. The number of ether oxygens (including phenoxy) is 1. The van der Waals surface area contributed by atoms with Crippen molar-refractivity contribution in [2.24, 2.45) is 0 Å². The summed E-state index contributed by atoms with van der Waals surface area (Å²) in [5, 5.41) is 3.40. The van der Waals surface area contributed by atoms with E-state index in [1.165, 1.54) is 4.88 Å². The zero-order chi connectivity index (χ0) is 14.5. The maximum Gasteiger partial charge on any atom is 0.226 e. The Bertz CT molecular complexity index is 554. The molecule has 2 aromatic heterocycles. The van der Waals surface area contributed by atoms with Gasteiger partial charge in [0, 0.05) is 49.0 Å². The minimum absolute atomic E-state index is 0.426. The summed E-state index contributed by atoms with van der Waals surface area (Å²) in [6.07, 6.45) is 5.87. The van der Waals surface area contributed by atoms with E-state index in [-0.39, 0.29) is 0 Å². The van der Waals surface area contributed by atoms with Crippen molar-refractivity contribution in [3.05, 3.63) is 28.8 Å². The number of aromatic nitrogens is 3. The summed E-state index contributed by atoms with van der Waals surface area (Å²) in [4.78, 5) is 16.5. The number of methoxy groups -OCH3 is 1. The third-order valence-corrected chi connectivity index (χ3v) is 4.39. The van der Waals surface area contributed by atoms with E-state index in [0.29, 0.717) is 17.9 Å². The van der Waals surface area contributed by atoms with Gasteiger partial charge in [-0.25, -0.2) is 4.98 Å². The minimum Gasteiger partial charge on any atom is -0.481 e. The second-order valence-electron chi connectivity index (χ2n) is 5.09. The molecule has 1 aliphatic rings. The van der Waals surface area contributed by atoms with E-state index in [9.17, 15) is 0 Å². The van der Waals surface area contributed by atoms with Gasteiger partial charge in [-0.05, 0) is 12.8 Å². The number of rotatable bonds is 5. The third-order valence-electron chi connectivity index (χ3n) is 3.62. The van der Waals surface area contributed by atoms with Crippen LogP contribution in [0.2, 0.25) is 0 Å². The molecular formula is C14H19N5OS. The summed E-state index contributed by atoms with van der Waals surface area (Å²) in [5.41, 5.74) is 1.89. The number of anilines is 1. The molecule has 0 unspecified atom stereocenters. The molecule has 0 atom stereocenters. The normalized spacial score (nSPS) is 16.8. The number of likely N-dealkylation sites (tertiary alicyclic amines) is 1. The van der Waals surface area contributed by atoms with Crippen LogP contribution in [0.4, 0.5) is 5.95 Å². The molecule has 1 aliphatic heterocycles. The minimum atomic E-state index is 0.426. The van der Waals surface area contributed by atoms with E-state index in [2.05, 4.69) is 25.2 Å². The second kappa shape index (κ2) is 6.82. The first-order valence-electron chi connectivity index (χ1n) is 7.07. The Morgan fingerprint density at radius 2 is 2.29 bits per heavy atom. The van der Waals surface area contributed by atoms with Crippen LogP contribution < -0.4 is 10.1 Å². The van der Waals surface area contributed by atoms with Gasteiger partial charge in [0.25, 0.3) is 0 Å². The van der Waals surface area contributed by atoms with E-state index >= 15 is 0 Å². The van der Waals surface area contributed by atoms with Crippen LogP contribution in [0.15, 0.2) is 24.0 Å². The molecule has 112 valence electrons. The Labute approximate surface area is 128 Å². The maximum absolute atomic E-state index is 5.12. The lowest BCUT2D eigenvalue weighted by Gasteiger charge is -2.31. The Balaban J connectivity index is 1.49. The van der Waals surface area contributed by atoms with Gasteiger partial charge in [0.05, 0.1) is 12.6 Å². The molecule has 3 heterocycles. The van der Waals surface area contributed by atoms with Crippen LogP contribution >= 0.6 is 11.3 Å². The van der Waals surface area contributed by atoms with Crippen molar-refractivity contribution >= 4 is 17.3 Å². The van der Waals surface area contributed by atoms with Crippen LogP contribution in [-0.2, 0) is 6.54 Å².